The zero-order valence-electron chi connectivity index (χ0n) is 15.2. The van der Waals surface area contributed by atoms with Crippen molar-refractivity contribution in [3.63, 3.8) is 0 Å². The van der Waals surface area contributed by atoms with Gasteiger partial charge in [0.05, 0.1) is 23.2 Å². The highest BCUT2D eigenvalue weighted by Gasteiger charge is 2.26. The molecule has 1 aliphatic heterocycles. The number of carbonyl (C=O) groups is 2. The summed E-state index contributed by atoms with van der Waals surface area (Å²) in [6, 6.07) is 11.8. The quantitative estimate of drug-likeness (QED) is 0.825. The maximum Gasteiger partial charge on any atom is 0.257 e. The first-order chi connectivity index (χ1) is 12.7. The highest BCUT2D eigenvalue weighted by atomic mass is 32.2. The lowest BCUT2D eigenvalue weighted by atomic mass is 10.1. The van der Waals surface area contributed by atoms with Crippen molar-refractivity contribution < 1.29 is 18.0 Å². The van der Waals surface area contributed by atoms with E-state index in [1.165, 1.54) is 6.07 Å². The molecule has 1 fully saturated rings. The Kier molecular flexibility index (Phi) is 5.18. The molecule has 8 heteroatoms. The van der Waals surface area contributed by atoms with E-state index < -0.39 is 10.0 Å². The molecule has 27 heavy (non-hydrogen) atoms. The highest BCUT2D eigenvalue weighted by molar-refractivity contribution is 7.92. The molecule has 2 amide bonds. The molecule has 2 N–H and O–H groups in total. The molecule has 1 heterocycles. The van der Waals surface area contributed by atoms with E-state index in [0.717, 1.165) is 18.2 Å². The third kappa shape index (κ3) is 4.65. The van der Waals surface area contributed by atoms with Gasteiger partial charge in [-0.2, -0.15) is 0 Å². The van der Waals surface area contributed by atoms with Crippen molar-refractivity contribution in [2.75, 3.05) is 27.7 Å². The molecule has 3 rings (SSSR count). The summed E-state index contributed by atoms with van der Waals surface area (Å²) in [6.45, 7) is 2.47. The van der Waals surface area contributed by atoms with E-state index >= 15 is 0 Å². The number of hydrogen-bond acceptors (Lipinski definition) is 4. The Labute approximate surface area is 158 Å². The molecule has 0 bridgehead atoms. The molecule has 1 aliphatic rings. The van der Waals surface area contributed by atoms with Gasteiger partial charge >= 0.3 is 0 Å². The zero-order valence-corrected chi connectivity index (χ0v) is 16.0. The smallest absolute Gasteiger partial charge is 0.257 e. The molecule has 1 saturated heterocycles. The largest absolute Gasteiger partial charge is 0.322 e. The van der Waals surface area contributed by atoms with Gasteiger partial charge < -0.3 is 10.2 Å². The fraction of sp³-hybridized carbons (Fsp3) is 0.263. The summed E-state index contributed by atoms with van der Waals surface area (Å²) >= 11 is 0. The van der Waals surface area contributed by atoms with Crippen LogP contribution >= 0.6 is 0 Å². The van der Waals surface area contributed by atoms with Gasteiger partial charge in [0.1, 0.15) is 0 Å². The number of anilines is 3. The van der Waals surface area contributed by atoms with Crippen LogP contribution in [0, 0.1) is 6.92 Å². The monoisotopic (exact) mass is 387 g/mol. The predicted molar refractivity (Wildman–Crippen MR) is 106 cm³/mol. The lowest BCUT2D eigenvalue weighted by Crippen LogP contribution is -2.27. The molecular formula is C19H21N3O4S. The maximum absolute atomic E-state index is 12.9. The molecule has 0 spiro atoms. The standard InChI is InChI=1S/C19H21N3O4S/c1-13-8-9-17(22-10-4-7-18(22)23)16(11-13)19(24)20-14-5-3-6-15(12-14)21-27(2,25)26/h3,5-6,8-9,11-12,21H,4,7,10H2,1-2H3,(H,20,24). The lowest BCUT2D eigenvalue weighted by Gasteiger charge is -2.20. The van der Waals surface area contributed by atoms with Crippen LogP contribution in [-0.2, 0) is 14.8 Å². The molecule has 2 aromatic carbocycles. The Morgan fingerprint density at radius 1 is 1.11 bits per heavy atom. The fourth-order valence-electron chi connectivity index (χ4n) is 3.04. The minimum absolute atomic E-state index is 0.00672. The molecule has 142 valence electrons. The second kappa shape index (κ2) is 7.40. The van der Waals surface area contributed by atoms with Crippen LogP contribution < -0.4 is 14.9 Å². The molecule has 0 aliphatic carbocycles. The van der Waals surface area contributed by atoms with Gasteiger partial charge in [-0.05, 0) is 43.7 Å². The van der Waals surface area contributed by atoms with Crippen molar-refractivity contribution in [3.05, 3.63) is 53.6 Å². The Morgan fingerprint density at radius 3 is 2.52 bits per heavy atom. The normalized spacial score (nSPS) is 14.3. The summed E-state index contributed by atoms with van der Waals surface area (Å²) in [7, 11) is -3.41. The Morgan fingerprint density at radius 2 is 1.85 bits per heavy atom. The molecular weight excluding hydrogens is 366 g/mol. The molecule has 0 radical (unpaired) electrons. The first-order valence-electron chi connectivity index (χ1n) is 8.53. The molecule has 0 aromatic heterocycles. The van der Waals surface area contributed by atoms with Crippen LogP contribution in [0.5, 0.6) is 0 Å². The molecule has 0 atom stereocenters. The van der Waals surface area contributed by atoms with Gasteiger partial charge in [0.2, 0.25) is 15.9 Å². The maximum atomic E-state index is 12.9. The average Bonchev–Trinajstić information content (AvgIpc) is 2.99. The molecule has 2 aromatic rings. The van der Waals surface area contributed by atoms with Gasteiger partial charge in [0.15, 0.2) is 0 Å². The number of aryl methyl sites for hydroxylation is 1. The number of carbonyl (C=O) groups excluding carboxylic acids is 2. The van der Waals surface area contributed by atoms with Crippen molar-refractivity contribution in [3.8, 4) is 0 Å². The molecule has 7 nitrogen and oxygen atoms in total. The lowest BCUT2D eigenvalue weighted by molar-refractivity contribution is -0.117. The van der Waals surface area contributed by atoms with Crippen LogP contribution in [0.25, 0.3) is 0 Å². The van der Waals surface area contributed by atoms with Gasteiger partial charge in [0.25, 0.3) is 5.91 Å². The predicted octanol–water partition coefficient (Wildman–Crippen LogP) is 2.75. The first-order valence-corrected chi connectivity index (χ1v) is 10.4. The van der Waals surface area contributed by atoms with Crippen molar-refractivity contribution in [2.45, 2.75) is 19.8 Å². The van der Waals surface area contributed by atoms with Gasteiger partial charge in [0, 0.05) is 18.7 Å². The first kappa shape index (κ1) is 18.9. The van der Waals surface area contributed by atoms with Crippen molar-refractivity contribution in [1.29, 1.82) is 0 Å². The van der Waals surface area contributed by atoms with Crippen LogP contribution in [0.2, 0.25) is 0 Å². The number of nitrogens with zero attached hydrogens (tertiary/aromatic N) is 1. The number of sulfonamides is 1. The number of hydrogen-bond donors (Lipinski definition) is 2. The van der Waals surface area contributed by atoms with Crippen LogP contribution in [-0.4, -0.2) is 33.0 Å². The molecule has 0 unspecified atom stereocenters. The van der Waals surface area contributed by atoms with Crippen molar-refractivity contribution in [1.82, 2.24) is 0 Å². The minimum atomic E-state index is -3.41. The Hall–Kier alpha value is -2.87. The van der Waals surface area contributed by atoms with E-state index in [9.17, 15) is 18.0 Å². The van der Waals surface area contributed by atoms with Crippen LogP contribution in [0.1, 0.15) is 28.8 Å². The SMILES string of the molecule is Cc1ccc(N2CCCC2=O)c(C(=O)Nc2cccc(NS(C)(=O)=O)c2)c1. The topological polar surface area (TPSA) is 95.6 Å². The summed E-state index contributed by atoms with van der Waals surface area (Å²) in [5.74, 6) is -0.350. The Bertz CT molecular complexity index is 1000. The number of rotatable bonds is 5. The third-order valence-corrected chi connectivity index (χ3v) is 4.79. The second-order valence-corrected chi connectivity index (χ2v) is 8.33. The fourth-order valence-corrected chi connectivity index (χ4v) is 3.60. The average molecular weight is 387 g/mol. The summed E-state index contributed by atoms with van der Waals surface area (Å²) in [5.41, 5.74) is 2.71. The van der Waals surface area contributed by atoms with Crippen LogP contribution in [0.15, 0.2) is 42.5 Å². The van der Waals surface area contributed by atoms with Crippen molar-refractivity contribution >= 4 is 38.9 Å². The van der Waals surface area contributed by atoms with Gasteiger partial charge in [-0.1, -0.05) is 17.7 Å². The van der Waals surface area contributed by atoms with E-state index in [1.807, 2.05) is 13.0 Å². The summed E-state index contributed by atoms with van der Waals surface area (Å²) < 4.78 is 25.1. The van der Waals surface area contributed by atoms with Gasteiger partial charge in [-0.15, -0.1) is 0 Å². The number of benzene rings is 2. The Balaban J connectivity index is 1.87. The third-order valence-electron chi connectivity index (χ3n) is 4.18. The highest BCUT2D eigenvalue weighted by Crippen LogP contribution is 2.27. The summed E-state index contributed by atoms with van der Waals surface area (Å²) in [6.07, 6.45) is 2.31. The van der Waals surface area contributed by atoms with Gasteiger partial charge in [-0.3, -0.25) is 14.3 Å². The van der Waals surface area contributed by atoms with Crippen molar-refractivity contribution in [2.24, 2.45) is 0 Å². The number of nitrogens with one attached hydrogen (secondary N) is 2. The summed E-state index contributed by atoms with van der Waals surface area (Å²) in [5, 5.41) is 2.78. The van der Waals surface area contributed by atoms with E-state index in [2.05, 4.69) is 10.0 Å². The van der Waals surface area contributed by atoms with Crippen LogP contribution in [0.4, 0.5) is 17.1 Å². The zero-order chi connectivity index (χ0) is 19.6. The van der Waals surface area contributed by atoms with Gasteiger partial charge in [-0.25, -0.2) is 8.42 Å². The second-order valence-electron chi connectivity index (χ2n) is 6.58. The van der Waals surface area contributed by atoms with E-state index in [1.54, 1.807) is 35.2 Å². The van der Waals surface area contributed by atoms with E-state index in [4.69, 9.17) is 0 Å². The van der Waals surface area contributed by atoms with E-state index in [-0.39, 0.29) is 11.8 Å². The minimum Gasteiger partial charge on any atom is -0.322 e. The summed E-state index contributed by atoms with van der Waals surface area (Å²) in [4.78, 5) is 26.6. The van der Waals surface area contributed by atoms with E-state index in [0.29, 0.717) is 35.6 Å². The van der Waals surface area contributed by atoms with Crippen LogP contribution in [0.3, 0.4) is 0 Å². The number of amides is 2. The molecule has 0 saturated carbocycles.